The fourth-order valence-corrected chi connectivity index (χ4v) is 3.66. The van der Waals surface area contributed by atoms with Crippen molar-refractivity contribution in [3.05, 3.63) is 24.1 Å². The van der Waals surface area contributed by atoms with Gasteiger partial charge in [0.1, 0.15) is 0 Å². The lowest BCUT2D eigenvalue weighted by molar-refractivity contribution is 0.442. The van der Waals surface area contributed by atoms with Crippen LogP contribution in [0.4, 0.5) is 4.39 Å². The molecule has 2 heterocycles. The molecule has 18 heavy (non-hydrogen) atoms. The monoisotopic (exact) mass is 273 g/mol. The van der Waals surface area contributed by atoms with Crippen LogP contribution in [-0.4, -0.2) is 44.4 Å². The summed E-state index contributed by atoms with van der Waals surface area (Å²) < 4.78 is 39.2. The molecule has 1 aromatic rings. The van der Waals surface area contributed by atoms with Crippen LogP contribution in [0, 0.1) is 11.7 Å². The summed E-state index contributed by atoms with van der Waals surface area (Å²) in [7, 11) is -1.97. The summed E-state index contributed by atoms with van der Waals surface area (Å²) in [6, 6.07) is 2.49. The van der Waals surface area contributed by atoms with Gasteiger partial charge >= 0.3 is 0 Å². The second kappa shape index (κ2) is 5.29. The molecule has 5 nitrogen and oxygen atoms in total. The van der Waals surface area contributed by atoms with Gasteiger partial charge in [-0.2, -0.15) is 4.31 Å². The van der Waals surface area contributed by atoms with Gasteiger partial charge in [-0.3, -0.25) is 0 Å². The molecule has 1 saturated heterocycles. The molecule has 100 valence electrons. The van der Waals surface area contributed by atoms with E-state index in [-0.39, 0.29) is 5.92 Å². The molecule has 1 aliphatic rings. The SMILES string of the molecule is CNCC1CCN(S(=O)(=O)c2ncccc2F)C1. The predicted octanol–water partition coefficient (Wildman–Crippen LogP) is 0.451. The highest BCUT2D eigenvalue weighted by atomic mass is 32.2. The molecule has 1 aromatic heterocycles. The number of halogens is 1. The van der Waals surface area contributed by atoms with Gasteiger partial charge in [0, 0.05) is 19.3 Å². The Bertz CT molecular complexity index is 521. The number of pyridine rings is 1. The van der Waals surface area contributed by atoms with E-state index in [2.05, 4.69) is 10.3 Å². The van der Waals surface area contributed by atoms with E-state index in [4.69, 9.17) is 0 Å². The molecule has 1 unspecified atom stereocenters. The quantitative estimate of drug-likeness (QED) is 0.865. The fraction of sp³-hybridized carbons (Fsp3) is 0.545. The molecular weight excluding hydrogens is 257 g/mol. The van der Waals surface area contributed by atoms with Crippen molar-refractivity contribution in [1.82, 2.24) is 14.6 Å². The third-order valence-corrected chi connectivity index (χ3v) is 4.85. The first-order chi connectivity index (χ1) is 8.55. The smallest absolute Gasteiger partial charge is 0.263 e. The number of aromatic nitrogens is 1. The molecule has 0 bridgehead atoms. The number of nitrogens with zero attached hydrogens (tertiary/aromatic N) is 2. The highest BCUT2D eigenvalue weighted by Gasteiger charge is 2.34. The zero-order valence-electron chi connectivity index (χ0n) is 10.1. The minimum atomic E-state index is -3.80. The normalized spacial score (nSPS) is 21.3. The van der Waals surface area contributed by atoms with E-state index in [0.29, 0.717) is 13.1 Å². The van der Waals surface area contributed by atoms with E-state index in [1.807, 2.05) is 7.05 Å². The van der Waals surface area contributed by atoms with Gasteiger partial charge in [0.05, 0.1) is 0 Å². The summed E-state index contributed by atoms with van der Waals surface area (Å²) in [6.45, 7) is 1.60. The molecule has 0 radical (unpaired) electrons. The van der Waals surface area contributed by atoms with Gasteiger partial charge in [0.2, 0.25) is 5.03 Å². The molecule has 0 aliphatic carbocycles. The average Bonchev–Trinajstić information content (AvgIpc) is 2.79. The predicted molar refractivity (Wildman–Crippen MR) is 65.0 cm³/mol. The van der Waals surface area contributed by atoms with Gasteiger partial charge in [-0.25, -0.2) is 17.8 Å². The Hall–Kier alpha value is -1.05. The first-order valence-electron chi connectivity index (χ1n) is 5.81. The summed E-state index contributed by atoms with van der Waals surface area (Å²) in [4.78, 5) is 3.65. The summed E-state index contributed by atoms with van der Waals surface area (Å²) in [6.07, 6.45) is 2.08. The van der Waals surface area contributed by atoms with Crippen LogP contribution in [0.25, 0.3) is 0 Å². The Balaban J connectivity index is 2.21. The van der Waals surface area contributed by atoms with Crippen LogP contribution < -0.4 is 5.32 Å². The Morgan fingerprint density at radius 2 is 2.39 bits per heavy atom. The van der Waals surface area contributed by atoms with Crippen molar-refractivity contribution in [2.45, 2.75) is 11.4 Å². The summed E-state index contributed by atoms with van der Waals surface area (Å²) in [5, 5.41) is 2.54. The number of sulfonamides is 1. The zero-order chi connectivity index (χ0) is 13.2. The van der Waals surface area contributed by atoms with Gasteiger partial charge in [0.15, 0.2) is 5.82 Å². The topological polar surface area (TPSA) is 62.3 Å². The largest absolute Gasteiger partial charge is 0.319 e. The molecule has 2 rings (SSSR count). The molecule has 1 fully saturated rings. The molecule has 1 N–H and O–H groups in total. The lowest BCUT2D eigenvalue weighted by Gasteiger charge is -2.16. The van der Waals surface area contributed by atoms with Crippen LogP contribution in [0.2, 0.25) is 0 Å². The van der Waals surface area contributed by atoms with Crippen molar-refractivity contribution in [2.24, 2.45) is 5.92 Å². The number of hydrogen-bond acceptors (Lipinski definition) is 4. The molecule has 0 saturated carbocycles. The van der Waals surface area contributed by atoms with Gasteiger partial charge in [-0.1, -0.05) is 0 Å². The van der Waals surface area contributed by atoms with Crippen LogP contribution in [-0.2, 0) is 10.0 Å². The van der Waals surface area contributed by atoms with Crippen LogP contribution >= 0.6 is 0 Å². The lowest BCUT2D eigenvalue weighted by atomic mass is 10.1. The summed E-state index contributed by atoms with van der Waals surface area (Å²) in [5.74, 6) is -0.522. The number of rotatable bonds is 4. The van der Waals surface area contributed by atoms with Crippen molar-refractivity contribution in [1.29, 1.82) is 0 Å². The summed E-state index contributed by atoms with van der Waals surface area (Å²) >= 11 is 0. The maximum Gasteiger partial charge on any atom is 0.263 e. The molecule has 0 spiro atoms. The number of nitrogens with one attached hydrogen (secondary N) is 1. The minimum absolute atomic E-state index is 0.275. The van der Waals surface area contributed by atoms with E-state index in [1.54, 1.807) is 0 Å². The highest BCUT2D eigenvalue weighted by Crippen LogP contribution is 2.24. The molecule has 1 aliphatic heterocycles. The zero-order valence-corrected chi connectivity index (χ0v) is 11.0. The molecule has 0 amide bonds. The Morgan fingerprint density at radius 3 is 3.06 bits per heavy atom. The van der Waals surface area contributed by atoms with Crippen LogP contribution in [0.15, 0.2) is 23.4 Å². The van der Waals surface area contributed by atoms with E-state index < -0.39 is 20.9 Å². The van der Waals surface area contributed by atoms with E-state index in [1.165, 1.54) is 16.6 Å². The van der Waals surface area contributed by atoms with Gasteiger partial charge < -0.3 is 5.32 Å². The van der Waals surface area contributed by atoms with Gasteiger partial charge in [0.25, 0.3) is 10.0 Å². The maximum absolute atomic E-state index is 13.5. The van der Waals surface area contributed by atoms with Gasteiger partial charge in [-0.05, 0) is 38.1 Å². The lowest BCUT2D eigenvalue weighted by Crippen LogP contribution is -2.31. The Labute approximate surface area is 106 Å². The maximum atomic E-state index is 13.5. The van der Waals surface area contributed by atoms with Crippen molar-refractivity contribution in [2.75, 3.05) is 26.7 Å². The fourth-order valence-electron chi connectivity index (χ4n) is 2.15. The molecule has 0 aromatic carbocycles. The van der Waals surface area contributed by atoms with Crippen LogP contribution in [0.5, 0.6) is 0 Å². The molecule has 1 atom stereocenters. The second-order valence-corrected chi connectivity index (χ2v) is 6.22. The minimum Gasteiger partial charge on any atom is -0.319 e. The third-order valence-electron chi connectivity index (χ3n) is 3.05. The van der Waals surface area contributed by atoms with E-state index in [9.17, 15) is 12.8 Å². The third kappa shape index (κ3) is 2.52. The Kier molecular flexibility index (Phi) is 3.94. The summed E-state index contributed by atoms with van der Waals surface area (Å²) in [5.41, 5.74) is 0. The molecule has 7 heteroatoms. The van der Waals surface area contributed by atoms with Crippen LogP contribution in [0.1, 0.15) is 6.42 Å². The van der Waals surface area contributed by atoms with Crippen LogP contribution in [0.3, 0.4) is 0 Å². The van der Waals surface area contributed by atoms with Crippen molar-refractivity contribution in [3.8, 4) is 0 Å². The standard InChI is InChI=1S/C11H16FN3O2S/c1-13-7-9-4-6-15(8-9)18(16,17)11-10(12)3-2-5-14-11/h2-3,5,9,13H,4,6-8H2,1H3. The molecular formula is C11H16FN3O2S. The first kappa shape index (κ1) is 13.4. The van der Waals surface area contributed by atoms with Crippen molar-refractivity contribution < 1.29 is 12.8 Å². The van der Waals surface area contributed by atoms with Gasteiger partial charge in [-0.15, -0.1) is 0 Å². The first-order valence-corrected chi connectivity index (χ1v) is 7.25. The van der Waals surface area contributed by atoms with Crippen molar-refractivity contribution >= 4 is 10.0 Å². The van der Waals surface area contributed by atoms with E-state index >= 15 is 0 Å². The average molecular weight is 273 g/mol. The van der Waals surface area contributed by atoms with E-state index in [0.717, 1.165) is 19.0 Å². The van der Waals surface area contributed by atoms with Crippen molar-refractivity contribution in [3.63, 3.8) is 0 Å². The highest BCUT2D eigenvalue weighted by molar-refractivity contribution is 7.89. The number of hydrogen-bond donors (Lipinski definition) is 1. The Morgan fingerprint density at radius 1 is 1.61 bits per heavy atom. The second-order valence-electron chi connectivity index (χ2n) is 4.37.